The van der Waals surface area contributed by atoms with Crippen molar-refractivity contribution in [3.05, 3.63) is 29.3 Å². The summed E-state index contributed by atoms with van der Waals surface area (Å²) in [5, 5.41) is 3.16. The molecule has 2 aliphatic rings. The molecule has 2 heterocycles. The monoisotopic (exact) mass is 337 g/mol. The van der Waals surface area contributed by atoms with Crippen LogP contribution < -0.4 is 10.0 Å². The van der Waals surface area contributed by atoms with Gasteiger partial charge in [-0.25, -0.2) is 13.1 Å². The Balaban J connectivity index is 1.79. The van der Waals surface area contributed by atoms with Gasteiger partial charge in [0.05, 0.1) is 4.90 Å². The number of carbonyl (C=O) groups is 1. The highest BCUT2D eigenvalue weighted by molar-refractivity contribution is 7.89. The number of benzene rings is 1. The van der Waals surface area contributed by atoms with Crippen LogP contribution in [0.4, 0.5) is 0 Å². The second-order valence-electron chi connectivity index (χ2n) is 6.25. The molecule has 1 fully saturated rings. The van der Waals surface area contributed by atoms with E-state index in [9.17, 15) is 13.2 Å². The SMILES string of the molecule is CC(=O)N1CCc2ccc(S(=O)(=O)NC3CCNC3)cc2CC1. The first-order valence-electron chi connectivity index (χ1n) is 8.06. The van der Waals surface area contributed by atoms with Gasteiger partial charge in [0.25, 0.3) is 0 Å². The topological polar surface area (TPSA) is 78.5 Å². The molecular formula is C16H23N3O3S. The Bertz CT molecular complexity index is 697. The highest BCUT2D eigenvalue weighted by Crippen LogP contribution is 2.21. The van der Waals surface area contributed by atoms with Gasteiger partial charge >= 0.3 is 0 Å². The van der Waals surface area contributed by atoms with Crippen molar-refractivity contribution in [2.45, 2.75) is 37.1 Å². The first kappa shape index (κ1) is 16.4. The zero-order valence-corrected chi connectivity index (χ0v) is 14.2. The van der Waals surface area contributed by atoms with Crippen LogP contribution in [0.15, 0.2) is 23.1 Å². The van der Waals surface area contributed by atoms with Gasteiger partial charge in [-0.2, -0.15) is 0 Å². The summed E-state index contributed by atoms with van der Waals surface area (Å²) in [6.07, 6.45) is 2.29. The summed E-state index contributed by atoms with van der Waals surface area (Å²) in [4.78, 5) is 13.7. The summed E-state index contributed by atoms with van der Waals surface area (Å²) < 4.78 is 27.8. The van der Waals surface area contributed by atoms with E-state index in [1.165, 1.54) is 0 Å². The molecule has 1 amide bonds. The van der Waals surface area contributed by atoms with Crippen molar-refractivity contribution in [1.29, 1.82) is 0 Å². The number of fused-ring (bicyclic) bond motifs is 1. The van der Waals surface area contributed by atoms with E-state index in [0.717, 1.165) is 30.5 Å². The molecule has 1 aromatic rings. The molecule has 3 rings (SSSR count). The van der Waals surface area contributed by atoms with Gasteiger partial charge in [-0.1, -0.05) is 6.07 Å². The number of nitrogens with zero attached hydrogens (tertiary/aromatic N) is 1. The summed E-state index contributed by atoms with van der Waals surface area (Å²) >= 11 is 0. The Labute approximate surface area is 137 Å². The average Bonchev–Trinajstić information content (AvgIpc) is 2.90. The summed E-state index contributed by atoms with van der Waals surface area (Å²) in [6.45, 7) is 4.44. The fraction of sp³-hybridized carbons (Fsp3) is 0.562. The number of amides is 1. The molecule has 0 saturated carbocycles. The first-order valence-corrected chi connectivity index (χ1v) is 9.54. The maximum absolute atomic E-state index is 12.5. The molecule has 0 radical (unpaired) electrons. The lowest BCUT2D eigenvalue weighted by atomic mass is 10.0. The number of hydrogen-bond acceptors (Lipinski definition) is 4. The van der Waals surface area contributed by atoms with Gasteiger partial charge < -0.3 is 10.2 Å². The number of hydrogen-bond donors (Lipinski definition) is 2. The lowest BCUT2D eigenvalue weighted by Gasteiger charge is -2.17. The third-order valence-corrected chi connectivity index (χ3v) is 6.14. The van der Waals surface area contributed by atoms with E-state index in [0.29, 0.717) is 31.0 Å². The second-order valence-corrected chi connectivity index (χ2v) is 7.96. The minimum absolute atomic E-state index is 0.0352. The highest BCUT2D eigenvalue weighted by Gasteiger charge is 2.24. The van der Waals surface area contributed by atoms with Gasteiger partial charge in [-0.05, 0) is 49.1 Å². The van der Waals surface area contributed by atoms with Crippen LogP contribution in [0.3, 0.4) is 0 Å². The number of sulfonamides is 1. The molecule has 7 heteroatoms. The standard InChI is InChI=1S/C16H23N3O3S/c1-12(20)19-8-5-13-2-3-16(10-14(13)6-9-19)23(21,22)18-15-4-7-17-11-15/h2-3,10,15,17-18H,4-9,11H2,1H3. The summed E-state index contributed by atoms with van der Waals surface area (Å²) in [5.41, 5.74) is 2.16. The summed E-state index contributed by atoms with van der Waals surface area (Å²) in [7, 11) is -3.49. The molecule has 0 spiro atoms. The lowest BCUT2D eigenvalue weighted by Crippen LogP contribution is -2.36. The van der Waals surface area contributed by atoms with Crippen molar-refractivity contribution in [1.82, 2.24) is 14.9 Å². The molecule has 1 saturated heterocycles. The third kappa shape index (κ3) is 3.73. The van der Waals surface area contributed by atoms with Crippen LogP contribution in [0, 0.1) is 0 Å². The van der Waals surface area contributed by atoms with Crippen molar-refractivity contribution in [2.75, 3.05) is 26.2 Å². The minimum atomic E-state index is -3.49. The van der Waals surface area contributed by atoms with Gasteiger partial charge in [0.1, 0.15) is 0 Å². The van der Waals surface area contributed by atoms with Crippen LogP contribution in [0.25, 0.3) is 0 Å². The van der Waals surface area contributed by atoms with Crippen LogP contribution in [0.1, 0.15) is 24.5 Å². The molecule has 126 valence electrons. The molecule has 1 unspecified atom stereocenters. The van der Waals surface area contributed by atoms with E-state index in [-0.39, 0.29) is 11.9 Å². The van der Waals surface area contributed by atoms with Crippen LogP contribution >= 0.6 is 0 Å². The summed E-state index contributed by atoms with van der Waals surface area (Å²) in [5.74, 6) is 0.0704. The van der Waals surface area contributed by atoms with Crippen molar-refractivity contribution >= 4 is 15.9 Å². The summed E-state index contributed by atoms with van der Waals surface area (Å²) in [6, 6.07) is 5.30. The Morgan fingerprint density at radius 2 is 2.00 bits per heavy atom. The van der Waals surface area contributed by atoms with E-state index in [2.05, 4.69) is 10.0 Å². The van der Waals surface area contributed by atoms with Crippen LogP contribution in [-0.4, -0.2) is 51.4 Å². The quantitative estimate of drug-likeness (QED) is 0.830. The predicted molar refractivity (Wildman–Crippen MR) is 87.7 cm³/mol. The minimum Gasteiger partial charge on any atom is -0.342 e. The lowest BCUT2D eigenvalue weighted by molar-refractivity contribution is -0.128. The van der Waals surface area contributed by atoms with E-state index in [1.807, 2.05) is 11.0 Å². The number of rotatable bonds is 3. The van der Waals surface area contributed by atoms with Gasteiger partial charge in [0.2, 0.25) is 15.9 Å². The van der Waals surface area contributed by atoms with Crippen molar-refractivity contribution in [2.24, 2.45) is 0 Å². The molecule has 6 nitrogen and oxygen atoms in total. The fourth-order valence-corrected chi connectivity index (χ4v) is 4.55. The smallest absolute Gasteiger partial charge is 0.240 e. The maximum Gasteiger partial charge on any atom is 0.240 e. The Kier molecular flexibility index (Phi) is 4.70. The van der Waals surface area contributed by atoms with Crippen molar-refractivity contribution < 1.29 is 13.2 Å². The fourth-order valence-electron chi connectivity index (χ4n) is 3.23. The van der Waals surface area contributed by atoms with E-state index >= 15 is 0 Å². The highest BCUT2D eigenvalue weighted by atomic mass is 32.2. The van der Waals surface area contributed by atoms with Gasteiger partial charge in [0.15, 0.2) is 0 Å². The number of carbonyl (C=O) groups excluding carboxylic acids is 1. The van der Waals surface area contributed by atoms with Crippen LogP contribution in [-0.2, 0) is 27.7 Å². The largest absolute Gasteiger partial charge is 0.342 e. The maximum atomic E-state index is 12.5. The van der Waals surface area contributed by atoms with Gasteiger partial charge in [-0.3, -0.25) is 4.79 Å². The molecular weight excluding hydrogens is 314 g/mol. The van der Waals surface area contributed by atoms with Crippen molar-refractivity contribution in [3.8, 4) is 0 Å². The van der Waals surface area contributed by atoms with E-state index < -0.39 is 10.0 Å². The molecule has 23 heavy (non-hydrogen) atoms. The Morgan fingerprint density at radius 1 is 1.26 bits per heavy atom. The molecule has 0 bridgehead atoms. The van der Waals surface area contributed by atoms with Crippen LogP contribution in [0.2, 0.25) is 0 Å². The molecule has 1 atom stereocenters. The molecule has 2 aliphatic heterocycles. The Hall–Kier alpha value is -1.44. The van der Waals surface area contributed by atoms with Gasteiger partial charge in [0, 0.05) is 32.6 Å². The number of nitrogens with one attached hydrogen (secondary N) is 2. The molecule has 1 aromatic carbocycles. The Morgan fingerprint density at radius 3 is 2.65 bits per heavy atom. The molecule has 2 N–H and O–H groups in total. The molecule has 0 aromatic heterocycles. The zero-order chi connectivity index (χ0) is 16.4. The second kappa shape index (κ2) is 6.59. The third-order valence-electron chi connectivity index (χ3n) is 4.62. The van der Waals surface area contributed by atoms with Crippen LogP contribution in [0.5, 0.6) is 0 Å². The van der Waals surface area contributed by atoms with E-state index in [1.54, 1.807) is 19.1 Å². The molecule has 0 aliphatic carbocycles. The van der Waals surface area contributed by atoms with E-state index in [4.69, 9.17) is 0 Å². The normalized spacial score (nSPS) is 21.8. The first-order chi connectivity index (χ1) is 11.0. The van der Waals surface area contributed by atoms with Gasteiger partial charge in [-0.15, -0.1) is 0 Å². The average molecular weight is 337 g/mol. The predicted octanol–water partition coefficient (Wildman–Crippen LogP) is 0.274. The zero-order valence-electron chi connectivity index (χ0n) is 13.3. The van der Waals surface area contributed by atoms with Crippen molar-refractivity contribution in [3.63, 3.8) is 0 Å².